The van der Waals surface area contributed by atoms with Gasteiger partial charge in [-0.25, -0.2) is 0 Å². The molecule has 21 heavy (non-hydrogen) atoms. The van der Waals surface area contributed by atoms with E-state index in [1.54, 1.807) is 18.8 Å². The van der Waals surface area contributed by atoms with Gasteiger partial charge in [0.05, 0.1) is 0 Å². The first-order valence-corrected chi connectivity index (χ1v) is 8.11. The van der Waals surface area contributed by atoms with Crippen LogP contribution in [-0.4, -0.2) is 30.4 Å². The van der Waals surface area contributed by atoms with Crippen LogP contribution in [0.25, 0.3) is 0 Å². The molecule has 3 N–H and O–H groups in total. The lowest BCUT2D eigenvalue weighted by molar-refractivity contribution is -0.124. The summed E-state index contributed by atoms with van der Waals surface area (Å²) >= 11 is 7.51. The molecule has 1 saturated heterocycles. The molecular weight excluding hydrogens is 310 g/mol. The second-order valence-electron chi connectivity index (χ2n) is 4.83. The molecule has 5 nitrogen and oxygen atoms in total. The molecule has 2 atom stereocenters. The summed E-state index contributed by atoms with van der Waals surface area (Å²) in [5.74, 6) is 0.623. The Bertz CT molecular complexity index is 527. The van der Waals surface area contributed by atoms with Crippen molar-refractivity contribution in [2.24, 2.45) is 0 Å². The molecule has 2 unspecified atom stereocenters. The van der Waals surface area contributed by atoms with Crippen LogP contribution in [0.15, 0.2) is 24.3 Å². The van der Waals surface area contributed by atoms with E-state index in [1.165, 1.54) is 0 Å². The molecule has 0 saturated carbocycles. The maximum atomic E-state index is 11.7. The van der Waals surface area contributed by atoms with Crippen molar-refractivity contribution in [3.05, 3.63) is 34.9 Å². The van der Waals surface area contributed by atoms with Gasteiger partial charge in [-0.2, -0.15) is 0 Å². The number of carbonyl (C=O) groups excluding carboxylic acids is 2. The van der Waals surface area contributed by atoms with Crippen molar-refractivity contribution in [1.29, 1.82) is 0 Å². The number of benzene rings is 1. The molecule has 2 amide bonds. The lowest BCUT2D eigenvalue weighted by Crippen LogP contribution is -2.55. The van der Waals surface area contributed by atoms with Gasteiger partial charge < -0.3 is 10.6 Å². The first-order valence-electron chi connectivity index (χ1n) is 6.69. The lowest BCUT2D eigenvalue weighted by atomic mass is 10.1. The Labute approximate surface area is 133 Å². The molecule has 0 radical (unpaired) electrons. The zero-order valence-electron chi connectivity index (χ0n) is 11.7. The van der Waals surface area contributed by atoms with E-state index in [4.69, 9.17) is 11.6 Å². The molecule has 1 aromatic rings. The minimum atomic E-state index is -0.195. The smallest absolute Gasteiger partial charge is 0.223 e. The van der Waals surface area contributed by atoms with E-state index in [0.717, 1.165) is 11.3 Å². The average Bonchev–Trinajstić information content (AvgIpc) is 2.44. The molecule has 1 aliphatic rings. The maximum Gasteiger partial charge on any atom is 0.223 e. The van der Waals surface area contributed by atoms with Gasteiger partial charge in [-0.15, -0.1) is 11.8 Å². The van der Waals surface area contributed by atoms with E-state index in [1.807, 2.05) is 24.3 Å². The minimum Gasteiger partial charge on any atom is -0.359 e. The van der Waals surface area contributed by atoms with Gasteiger partial charge in [0, 0.05) is 36.7 Å². The summed E-state index contributed by atoms with van der Waals surface area (Å²) in [6.07, 6.45) is 0.625. The maximum absolute atomic E-state index is 11.7. The van der Waals surface area contributed by atoms with E-state index in [9.17, 15) is 9.59 Å². The van der Waals surface area contributed by atoms with Gasteiger partial charge in [0.1, 0.15) is 5.50 Å². The number of thioether (sulfide) groups is 1. The van der Waals surface area contributed by atoms with E-state index < -0.39 is 0 Å². The molecule has 0 spiro atoms. The highest BCUT2D eigenvalue weighted by Gasteiger charge is 2.27. The van der Waals surface area contributed by atoms with Crippen molar-refractivity contribution in [2.45, 2.75) is 30.1 Å². The molecule has 1 fully saturated rings. The Morgan fingerprint density at radius 2 is 2.33 bits per heavy atom. The van der Waals surface area contributed by atoms with Gasteiger partial charge in [0.25, 0.3) is 0 Å². The van der Waals surface area contributed by atoms with Crippen LogP contribution in [0, 0.1) is 0 Å². The quantitative estimate of drug-likeness (QED) is 0.766. The van der Waals surface area contributed by atoms with Crippen molar-refractivity contribution < 1.29 is 9.59 Å². The predicted molar refractivity (Wildman–Crippen MR) is 84.9 cm³/mol. The molecule has 0 aliphatic carbocycles. The third kappa shape index (κ3) is 5.22. The van der Waals surface area contributed by atoms with Crippen molar-refractivity contribution >= 4 is 35.2 Å². The number of carbonyl (C=O) groups is 2. The van der Waals surface area contributed by atoms with Gasteiger partial charge in [0.15, 0.2) is 0 Å². The lowest BCUT2D eigenvalue weighted by Gasteiger charge is -2.30. The number of rotatable bonds is 5. The topological polar surface area (TPSA) is 70.2 Å². The van der Waals surface area contributed by atoms with E-state index in [-0.39, 0.29) is 23.4 Å². The fourth-order valence-electron chi connectivity index (χ4n) is 2.10. The zero-order valence-corrected chi connectivity index (χ0v) is 13.3. The summed E-state index contributed by atoms with van der Waals surface area (Å²) in [4.78, 5) is 23.1. The van der Waals surface area contributed by atoms with E-state index in [2.05, 4.69) is 16.0 Å². The fourth-order valence-corrected chi connectivity index (χ4v) is 3.35. The summed E-state index contributed by atoms with van der Waals surface area (Å²) in [6, 6.07) is 7.50. The number of hydrogen-bond donors (Lipinski definition) is 3. The van der Waals surface area contributed by atoms with Gasteiger partial charge in [0.2, 0.25) is 11.8 Å². The zero-order chi connectivity index (χ0) is 15.2. The number of amides is 2. The summed E-state index contributed by atoms with van der Waals surface area (Å²) in [6.45, 7) is 0. The second kappa shape index (κ2) is 7.68. The van der Waals surface area contributed by atoms with Gasteiger partial charge in [-0.1, -0.05) is 23.7 Å². The summed E-state index contributed by atoms with van der Waals surface area (Å²) in [5.41, 5.74) is 0.900. The summed E-state index contributed by atoms with van der Waals surface area (Å²) in [7, 11) is 1.59. The third-order valence-electron chi connectivity index (χ3n) is 3.13. The Morgan fingerprint density at radius 1 is 1.52 bits per heavy atom. The molecule has 1 aromatic carbocycles. The number of halogens is 1. The van der Waals surface area contributed by atoms with Crippen LogP contribution in [0.2, 0.25) is 5.02 Å². The van der Waals surface area contributed by atoms with Crippen molar-refractivity contribution in [3.63, 3.8) is 0 Å². The van der Waals surface area contributed by atoms with Crippen LogP contribution in [0.4, 0.5) is 0 Å². The van der Waals surface area contributed by atoms with Crippen LogP contribution in [0.3, 0.4) is 0 Å². The highest BCUT2D eigenvalue weighted by molar-refractivity contribution is 7.99. The molecule has 114 valence electrons. The standard InChI is InChI=1S/C14H18ClN3O2S/c1-16-12(19)6-11-7-13(20)18-14(17-11)21-8-9-3-2-4-10(15)5-9/h2-5,11,14,17H,6-8H2,1H3,(H,16,19)(H,18,20). The monoisotopic (exact) mass is 327 g/mol. The van der Waals surface area contributed by atoms with Crippen LogP contribution >= 0.6 is 23.4 Å². The highest BCUT2D eigenvalue weighted by atomic mass is 35.5. The Hall–Kier alpha value is -1.24. The van der Waals surface area contributed by atoms with Crippen molar-refractivity contribution in [1.82, 2.24) is 16.0 Å². The Morgan fingerprint density at radius 3 is 3.05 bits per heavy atom. The molecule has 1 aliphatic heterocycles. The SMILES string of the molecule is CNC(=O)CC1CC(=O)NC(SCc2cccc(Cl)c2)N1. The molecule has 0 aromatic heterocycles. The normalized spacial score (nSPS) is 21.7. The number of nitrogens with one attached hydrogen (secondary N) is 3. The largest absolute Gasteiger partial charge is 0.359 e. The van der Waals surface area contributed by atoms with Gasteiger partial charge in [-0.3, -0.25) is 14.9 Å². The van der Waals surface area contributed by atoms with Crippen LogP contribution in [-0.2, 0) is 15.3 Å². The summed E-state index contributed by atoms with van der Waals surface area (Å²) < 4.78 is 0. The molecule has 0 bridgehead atoms. The average molecular weight is 328 g/mol. The molecule has 1 heterocycles. The van der Waals surface area contributed by atoms with Crippen molar-refractivity contribution in [2.75, 3.05) is 7.05 Å². The first kappa shape index (κ1) is 16.1. The predicted octanol–water partition coefficient (Wildman–Crippen LogP) is 1.47. The molecule has 2 rings (SSSR count). The van der Waals surface area contributed by atoms with Crippen LogP contribution < -0.4 is 16.0 Å². The fraction of sp³-hybridized carbons (Fsp3) is 0.429. The number of hydrogen-bond acceptors (Lipinski definition) is 4. The van der Waals surface area contributed by atoms with E-state index in [0.29, 0.717) is 17.9 Å². The first-order chi connectivity index (χ1) is 10.1. The second-order valence-corrected chi connectivity index (χ2v) is 6.36. The molecular formula is C14H18ClN3O2S. The van der Waals surface area contributed by atoms with Crippen LogP contribution in [0.5, 0.6) is 0 Å². The highest BCUT2D eigenvalue weighted by Crippen LogP contribution is 2.20. The van der Waals surface area contributed by atoms with Crippen molar-refractivity contribution in [3.8, 4) is 0 Å². The minimum absolute atomic E-state index is 0.0359. The Kier molecular flexibility index (Phi) is 5.90. The van der Waals surface area contributed by atoms with Gasteiger partial charge >= 0.3 is 0 Å². The summed E-state index contributed by atoms with van der Waals surface area (Å²) in [5, 5.41) is 9.42. The molecule has 7 heteroatoms. The van der Waals surface area contributed by atoms with Crippen LogP contribution in [0.1, 0.15) is 18.4 Å². The van der Waals surface area contributed by atoms with Gasteiger partial charge in [-0.05, 0) is 17.7 Å². The third-order valence-corrected chi connectivity index (χ3v) is 4.45. The van der Waals surface area contributed by atoms with E-state index >= 15 is 0 Å². The Balaban J connectivity index is 1.87.